The first-order valence-electron chi connectivity index (χ1n) is 10.1. The Balaban J connectivity index is 1.42. The second-order valence-corrected chi connectivity index (χ2v) is 7.79. The van der Waals surface area contributed by atoms with Crippen molar-refractivity contribution in [3.8, 4) is 11.3 Å². The molecule has 1 aliphatic rings. The first kappa shape index (κ1) is 19.1. The summed E-state index contributed by atoms with van der Waals surface area (Å²) in [7, 11) is 0. The number of hydrogen-bond acceptors (Lipinski definition) is 4. The molecule has 148 valence electrons. The molecule has 0 spiro atoms. The third-order valence-corrected chi connectivity index (χ3v) is 5.40. The predicted octanol–water partition coefficient (Wildman–Crippen LogP) is 4.62. The van der Waals surface area contributed by atoms with Gasteiger partial charge in [0, 0.05) is 24.3 Å². The molecule has 0 unspecified atom stereocenters. The standard InChI is InChI=1S/C24H26N4O/c1-17-8-10-21(11-9-17)25-24(29)20-7-4-14-28(16-20)23-13-12-22(26-27-23)19-6-3-5-18(2)15-19/h3,5-6,8-13,15,20H,4,7,14,16H2,1-2H3,(H,25,29)/t20-/m0/s1. The molecule has 0 bridgehead atoms. The van der Waals surface area contributed by atoms with Crippen molar-refractivity contribution in [1.82, 2.24) is 10.2 Å². The maximum absolute atomic E-state index is 12.7. The minimum absolute atomic E-state index is 0.0525. The van der Waals surface area contributed by atoms with Gasteiger partial charge in [0.1, 0.15) is 0 Å². The smallest absolute Gasteiger partial charge is 0.229 e. The van der Waals surface area contributed by atoms with Crippen molar-refractivity contribution in [2.45, 2.75) is 26.7 Å². The van der Waals surface area contributed by atoms with E-state index in [1.54, 1.807) is 0 Å². The van der Waals surface area contributed by atoms with E-state index >= 15 is 0 Å². The van der Waals surface area contributed by atoms with E-state index in [0.717, 1.165) is 42.1 Å². The molecule has 4 rings (SSSR count). The van der Waals surface area contributed by atoms with Gasteiger partial charge >= 0.3 is 0 Å². The van der Waals surface area contributed by atoms with Gasteiger partial charge in [0.2, 0.25) is 5.91 Å². The zero-order valence-corrected chi connectivity index (χ0v) is 16.9. The van der Waals surface area contributed by atoms with Gasteiger partial charge in [-0.2, -0.15) is 0 Å². The Morgan fingerprint density at radius 1 is 1.00 bits per heavy atom. The summed E-state index contributed by atoms with van der Waals surface area (Å²) in [5.41, 5.74) is 5.16. The average Bonchev–Trinajstić information content (AvgIpc) is 2.75. The summed E-state index contributed by atoms with van der Waals surface area (Å²) in [6.07, 6.45) is 1.86. The number of carbonyl (C=O) groups excluding carboxylic acids is 1. The second-order valence-electron chi connectivity index (χ2n) is 7.79. The van der Waals surface area contributed by atoms with Crippen LogP contribution in [0.25, 0.3) is 11.3 Å². The molecule has 1 fully saturated rings. The van der Waals surface area contributed by atoms with Crippen molar-refractivity contribution in [2.75, 3.05) is 23.3 Å². The second kappa shape index (κ2) is 8.43. The predicted molar refractivity (Wildman–Crippen MR) is 117 cm³/mol. The molecule has 1 aromatic heterocycles. The van der Waals surface area contributed by atoms with Gasteiger partial charge in [0.15, 0.2) is 5.82 Å². The quantitative estimate of drug-likeness (QED) is 0.711. The minimum Gasteiger partial charge on any atom is -0.354 e. The summed E-state index contributed by atoms with van der Waals surface area (Å²) < 4.78 is 0. The molecule has 0 aliphatic carbocycles. The normalized spacial score (nSPS) is 16.5. The molecule has 1 atom stereocenters. The Kier molecular flexibility index (Phi) is 5.56. The first-order chi connectivity index (χ1) is 14.1. The fourth-order valence-electron chi connectivity index (χ4n) is 3.73. The molecule has 0 saturated carbocycles. The number of aromatic nitrogens is 2. The molecular weight excluding hydrogens is 360 g/mol. The van der Waals surface area contributed by atoms with Crippen molar-refractivity contribution in [3.63, 3.8) is 0 Å². The van der Waals surface area contributed by atoms with E-state index in [1.165, 1.54) is 11.1 Å². The molecule has 5 nitrogen and oxygen atoms in total. The van der Waals surface area contributed by atoms with Crippen LogP contribution in [0.4, 0.5) is 11.5 Å². The van der Waals surface area contributed by atoms with Crippen molar-refractivity contribution >= 4 is 17.4 Å². The van der Waals surface area contributed by atoms with Gasteiger partial charge in [-0.1, -0.05) is 41.5 Å². The van der Waals surface area contributed by atoms with E-state index in [1.807, 2.05) is 55.5 Å². The molecule has 1 amide bonds. The van der Waals surface area contributed by atoms with Crippen LogP contribution in [0.5, 0.6) is 0 Å². The van der Waals surface area contributed by atoms with Crippen LogP contribution in [-0.2, 0) is 4.79 Å². The lowest BCUT2D eigenvalue weighted by atomic mass is 9.97. The molecule has 2 heterocycles. The number of rotatable bonds is 4. The van der Waals surface area contributed by atoms with Gasteiger partial charge in [-0.25, -0.2) is 0 Å². The van der Waals surface area contributed by atoms with E-state index in [2.05, 4.69) is 39.5 Å². The first-order valence-corrected chi connectivity index (χ1v) is 10.1. The number of aryl methyl sites for hydroxylation is 2. The molecule has 2 aromatic carbocycles. The Bertz CT molecular complexity index is 983. The third-order valence-electron chi connectivity index (χ3n) is 5.40. The highest BCUT2D eigenvalue weighted by Gasteiger charge is 2.26. The van der Waals surface area contributed by atoms with Crippen LogP contribution in [0.3, 0.4) is 0 Å². The molecule has 1 saturated heterocycles. The van der Waals surface area contributed by atoms with E-state index < -0.39 is 0 Å². The number of anilines is 2. The van der Waals surface area contributed by atoms with Crippen molar-refractivity contribution in [3.05, 3.63) is 71.8 Å². The molecule has 0 radical (unpaired) electrons. The lowest BCUT2D eigenvalue weighted by Gasteiger charge is -2.32. The number of amides is 1. The summed E-state index contributed by atoms with van der Waals surface area (Å²) in [4.78, 5) is 14.9. The summed E-state index contributed by atoms with van der Waals surface area (Å²) in [5.74, 6) is 0.848. The average molecular weight is 386 g/mol. The van der Waals surface area contributed by atoms with Gasteiger partial charge in [-0.15, -0.1) is 10.2 Å². The van der Waals surface area contributed by atoms with Crippen LogP contribution in [-0.4, -0.2) is 29.2 Å². The summed E-state index contributed by atoms with van der Waals surface area (Å²) in [6, 6.07) is 20.2. The SMILES string of the molecule is Cc1ccc(NC(=O)[C@H]2CCCN(c3ccc(-c4cccc(C)c4)nn3)C2)cc1. The fourth-order valence-corrected chi connectivity index (χ4v) is 3.73. The number of benzene rings is 2. The van der Waals surface area contributed by atoms with Gasteiger partial charge in [-0.05, 0) is 57.0 Å². The Hall–Kier alpha value is -3.21. The van der Waals surface area contributed by atoms with Crippen LogP contribution >= 0.6 is 0 Å². The number of hydrogen-bond donors (Lipinski definition) is 1. The van der Waals surface area contributed by atoms with Crippen LogP contribution < -0.4 is 10.2 Å². The fraction of sp³-hybridized carbons (Fsp3) is 0.292. The highest BCUT2D eigenvalue weighted by atomic mass is 16.1. The summed E-state index contributed by atoms with van der Waals surface area (Å²) >= 11 is 0. The minimum atomic E-state index is -0.0525. The Morgan fingerprint density at radius 3 is 2.55 bits per heavy atom. The van der Waals surface area contributed by atoms with E-state index in [9.17, 15) is 4.79 Å². The van der Waals surface area contributed by atoms with Crippen LogP contribution in [0.2, 0.25) is 0 Å². The molecule has 29 heavy (non-hydrogen) atoms. The van der Waals surface area contributed by atoms with E-state index in [-0.39, 0.29) is 11.8 Å². The summed E-state index contributed by atoms with van der Waals surface area (Å²) in [6.45, 7) is 5.67. The van der Waals surface area contributed by atoms with Gasteiger partial charge in [-0.3, -0.25) is 4.79 Å². The number of carbonyl (C=O) groups is 1. The van der Waals surface area contributed by atoms with Crippen LogP contribution in [0.15, 0.2) is 60.7 Å². The largest absolute Gasteiger partial charge is 0.354 e. The maximum Gasteiger partial charge on any atom is 0.229 e. The zero-order chi connectivity index (χ0) is 20.2. The lowest BCUT2D eigenvalue weighted by Crippen LogP contribution is -2.41. The van der Waals surface area contributed by atoms with Crippen LogP contribution in [0.1, 0.15) is 24.0 Å². The lowest BCUT2D eigenvalue weighted by molar-refractivity contribution is -0.120. The molecule has 5 heteroatoms. The van der Waals surface area contributed by atoms with E-state index in [0.29, 0.717) is 6.54 Å². The monoisotopic (exact) mass is 386 g/mol. The Labute approximate surface area is 171 Å². The molecule has 1 N–H and O–H groups in total. The maximum atomic E-state index is 12.7. The van der Waals surface area contributed by atoms with Crippen LogP contribution in [0, 0.1) is 19.8 Å². The molecule has 3 aromatic rings. The summed E-state index contributed by atoms with van der Waals surface area (Å²) in [5, 5.41) is 11.9. The van der Waals surface area contributed by atoms with E-state index in [4.69, 9.17) is 0 Å². The van der Waals surface area contributed by atoms with Crippen molar-refractivity contribution in [2.24, 2.45) is 5.92 Å². The number of piperidine rings is 1. The topological polar surface area (TPSA) is 58.1 Å². The third kappa shape index (κ3) is 4.62. The van der Waals surface area contributed by atoms with Crippen molar-refractivity contribution in [1.29, 1.82) is 0 Å². The van der Waals surface area contributed by atoms with Gasteiger partial charge < -0.3 is 10.2 Å². The number of nitrogens with zero attached hydrogens (tertiary/aromatic N) is 3. The highest BCUT2D eigenvalue weighted by molar-refractivity contribution is 5.93. The van der Waals surface area contributed by atoms with Gasteiger partial charge in [0.05, 0.1) is 11.6 Å². The molecular formula is C24H26N4O. The molecule has 1 aliphatic heterocycles. The Morgan fingerprint density at radius 2 is 1.83 bits per heavy atom. The highest BCUT2D eigenvalue weighted by Crippen LogP contribution is 2.24. The zero-order valence-electron chi connectivity index (χ0n) is 16.9. The van der Waals surface area contributed by atoms with Crippen molar-refractivity contribution < 1.29 is 4.79 Å². The number of nitrogens with one attached hydrogen (secondary N) is 1. The van der Waals surface area contributed by atoms with Gasteiger partial charge in [0.25, 0.3) is 0 Å².